The van der Waals surface area contributed by atoms with E-state index in [0.717, 1.165) is 0 Å². The molecule has 1 rings (SSSR count). The number of likely N-dealkylation sites (N-methyl/N-ethyl adjacent to an activating group) is 1. The molecular formula is C6H10N2O2. The van der Waals surface area contributed by atoms with E-state index in [9.17, 15) is 4.79 Å². The molecule has 0 bridgehead atoms. The number of nitrogens with one attached hydrogen (secondary N) is 2. The molecule has 0 atom stereocenters. The van der Waals surface area contributed by atoms with E-state index < -0.39 is 0 Å². The van der Waals surface area contributed by atoms with Crippen LogP contribution in [0.2, 0.25) is 0 Å². The van der Waals surface area contributed by atoms with Crippen LogP contribution in [0.25, 0.3) is 0 Å². The first-order valence-corrected chi connectivity index (χ1v) is 3.20. The molecule has 2 N–H and O–H groups in total. The second kappa shape index (κ2) is 3.22. The van der Waals surface area contributed by atoms with Gasteiger partial charge in [0, 0.05) is 6.54 Å². The predicted octanol–water partition coefficient (Wildman–Crippen LogP) is -0.459. The van der Waals surface area contributed by atoms with Crippen molar-refractivity contribution in [2.24, 2.45) is 0 Å². The van der Waals surface area contributed by atoms with E-state index >= 15 is 0 Å². The summed E-state index contributed by atoms with van der Waals surface area (Å²) in [6.45, 7) is 2.97. The van der Waals surface area contributed by atoms with Crippen molar-refractivity contribution in [3.8, 4) is 0 Å². The van der Waals surface area contributed by atoms with E-state index in [2.05, 4.69) is 10.8 Å². The molecular weight excluding hydrogens is 132 g/mol. The highest BCUT2D eigenvalue weighted by Crippen LogP contribution is 1.96. The summed E-state index contributed by atoms with van der Waals surface area (Å²) in [5.74, 6) is -0.111. The average molecular weight is 142 g/mol. The second-order valence-corrected chi connectivity index (χ2v) is 1.89. The van der Waals surface area contributed by atoms with Crippen molar-refractivity contribution in [2.45, 2.75) is 6.92 Å². The molecule has 1 heterocycles. The van der Waals surface area contributed by atoms with E-state index in [0.29, 0.717) is 18.8 Å². The molecule has 0 saturated heterocycles. The van der Waals surface area contributed by atoms with Gasteiger partial charge in [-0.25, -0.2) is 0 Å². The number of carbonyl (C=O) groups excluding carboxylic acids is 1. The quantitative estimate of drug-likeness (QED) is 0.548. The second-order valence-electron chi connectivity index (χ2n) is 1.89. The van der Waals surface area contributed by atoms with Crippen molar-refractivity contribution < 1.29 is 9.63 Å². The third-order valence-corrected chi connectivity index (χ3v) is 1.13. The number of hydrogen-bond donors (Lipinski definition) is 2. The maximum atomic E-state index is 10.9. The number of carbonyl (C=O) groups is 1. The minimum atomic E-state index is -0.111. The van der Waals surface area contributed by atoms with Gasteiger partial charge in [0.05, 0.1) is 6.61 Å². The molecule has 0 unspecified atom stereocenters. The molecule has 0 saturated carbocycles. The van der Waals surface area contributed by atoms with Gasteiger partial charge in [0.15, 0.2) is 0 Å². The SMILES string of the molecule is CCNC(=O)C1=CCON1. The molecule has 0 spiro atoms. The summed E-state index contributed by atoms with van der Waals surface area (Å²) in [4.78, 5) is 15.6. The van der Waals surface area contributed by atoms with E-state index in [1.165, 1.54) is 0 Å². The van der Waals surface area contributed by atoms with Crippen molar-refractivity contribution in [3.05, 3.63) is 11.8 Å². The topological polar surface area (TPSA) is 50.4 Å². The van der Waals surface area contributed by atoms with Crippen LogP contribution in [0.15, 0.2) is 11.8 Å². The van der Waals surface area contributed by atoms with Gasteiger partial charge in [0.1, 0.15) is 5.70 Å². The molecule has 0 fully saturated rings. The van der Waals surface area contributed by atoms with Crippen LogP contribution >= 0.6 is 0 Å². The number of hydrogen-bond acceptors (Lipinski definition) is 3. The van der Waals surface area contributed by atoms with Crippen molar-refractivity contribution >= 4 is 5.91 Å². The lowest BCUT2D eigenvalue weighted by atomic mass is 10.4. The molecule has 4 nitrogen and oxygen atoms in total. The fraction of sp³-hybridized carbons (Fsp3) is 0.500. The molecule has 56 valence electrons. The Bertz CT molecular complexity index is 165. The molecule has 0 aromatic carbocycles. The Kier molecular flexibility index (Phi) is 2.28. The van der Waals surface area contributed by atoms with Gasteiger partial charge in [0.25, 0.3) is 5.91 Å². The molecule has 10 heavy (non-hydrogen) atoms. The summed E-state index contributed by atoms with van der Waals surface area (Å²) in [7, 11) is 0. The van der Waals surface area contributed by atoms with Crippen LogP contribution in [-0.2, 0) is 9.63 Å². The zero-order valence-corrected chi connectivity index (χ0v) is 5.81. The number of hydroxylamine groups is 1. The molecule has 1 aliphatic rings. The number of amides is 1. The minimum Gasteiger partial charge on any atom is -0.351 e. The Morgan fingerprint density at radius 2 is 2.80 bits per heavy atom. The van der Waals surface area contributed by atoms with Crippen molar-refractivity contribution in [1.82, 2.24) is 10.8 Å². The normalized spacial score (nSPS) is 15.9. The standard InChI is InChI=1S/C6H10N2O2/c1-2-7-6(9)5-3-4-10-8-5/h3,8H,2,4H2,1H3,(H,7,9). The van der Waals surface area contributed by atoms with Crippen LogP contribution < -0.4 is 10.8 Å². The third kappa shape index (κ3) is 1.48. The number of rotatable bonds is 2. The van der Waals surface area contributed by atoms with E-state index in [1.807, 2.05) is 6.92 Å². The molecule has 1 amide bonds. The highest BCUT2D eigenvalue weighted by molar-refractivity contribution is 5.92. The molecule has 1 aliphatic heterocycles. The largest absolute Gasteiger partial charge is 0.351 e. The highest BCUT2D eigenvalue weighted by Gasteiger charge is 2.11. The monoisotopic (exact) mass is 142 g/mol. The summed E-state index contributed by atoms with van der Waals surface area (Å²) in [6, 6.07) is 0. The lowest BCUT2D eigenvalue weighted by molar-refractivity contribution is -0.118. The van der Waals surface area contributed by atoms with Crippen molar-refractivity contribution in [2.75, 3.05) is 13.2 Å². The summed E-state index contributed by atoms with van der Waals surface area (Å²) >= 11 is 0. The summed E-state index contributed by atoms with van der Waals surface area (Å²) in [5.41, 5.74) is 2.99. The van der Waals surface area contributed by atoms with Gasteiger partial charge in [-0.3, -0.25) is 15.1 Å². The van der Waals surface area contributed by atoms with Gasteiger partial charge < -0.3 is 5.32 Å². The van der Waals surface area contributed by atoms with Gasteiger partial charge in [-0.2, -0.15) is 0 Å². The fourth-order valence-corrected chi connectivity index (χ4v) is 0.681. The average Bonchev–Trinajstić information content (AvgIpc) is 2.38. The zero-order valence-electron chi connectivity index (χ0n) is 5.81. The van der Waals surface area contributed by atoms with Crippen LogP contribution in [0.5, 0.6) is 0 Å². The lowest BCUT2D eigenvalue weighted by Gasteiger charge is -2.01. The Morgan fingerprint density at radius 3 is 3.30 bits per heavy atom. The molecule has 0 radical (unpaired) electrons. The first-order valence-electron chi connectivity index (χ1n) is 3.20. The van der Waals surface area contributed by atoms with Crippen LogP contribution in [0.4, 0.5) is 0 Å². The zero-order chi connectivity index (χ0) is 7.40. The van der Waals surface area contributed by atoms with E-state index in [-0.39, 0.29) is 5.91 Å². The molecule has 0 aromatic rings. The van der Waals surface area contributed by atoms with E-state index in [4.69, 9.17) is 4.84 Å². The lowest BCUT2D eigenvalue weighted by Crippen LogP contribution is -2.28. The van der Waals surface area contributed by atoms with Crippen LogP contribution in [0, 0.1) is 0 Å². The maximum Gasteiger partial charge on any atom is 0.269 e. The first-order chi connectivity index (χ1) is 4.84. The Morgan fingerprint density at radius 1 is 2.00 bits per heavy atom. The van der Waals surface area contributed by atoms with Crippen LogP contribution in [0.1, 0.15) is 6.92 Å². The van der Waals surface area contributed by atoms with Crippen LogP contribution in [-0.4, -0.2) is 19.1 Å². The van der Waals surface area contributed by atoms with Gasteiger partial charge >= 0.3 is 0 Å². The van der Waals surface area contributed by atoms with Crippen molar-refractivity contribution in [3.63, 3.8) is 0 Å². The molecule has 0 aromatic heterocycles. The van der Waals surface area contributed by atoms with Gasteiger partial charge in [-0.1, -0.05) is 0 Å². The molecule has 4 heteroatoms. The Labute approximate surface area is 59.2 Å². The first kappa shape index (κ1) is 7.08. The smallest absolute Gasteiger partial charge is 0.269 e. The Balaban J connectivity index is 2.40. The summed E-state index contributed by atoms with van der Waals surface area (Å²) < 4.78 is 0. The van der Waals surface area contributed by atoms with Gasteiger partial charge in [0.2, 0.25) is 0 Å². The highest BCUT2D eigenvalue weighted by atomic mass is 16.6. The third-order valence-electron chi connectivity index (χ3n) is 1.13. The predicted molar refractivity (Wildman–Crippen MR) is 35.9 cm³/mol. The fourth-order valence-electron chi connectivity index (χ4n) is 0.681. The van der Waals surface area contributed by atoms with Gasteiger partial charge in [-0.15, -0.1) is 0 Å². The summed E-state index contributed by atoms with van der Waals surface area (Å²) in [5, 5.41) is 2.64. The maximum absolute atomic E-state index is 10.9. The summed E-state index contributed by atoms with van der Waals surface area (Å²) in [6.07, 6.45) is 1.70. The van der Waals surface area contributed by atoms with Crippen LogP contribution in [0.3, 0.4) is 0 Å². The van der Waals surface area contributed by atoms with E-state index in [1.54, 1.807) is 6.08 Å². The van der Waals surface area contributed by atoms with Crippen molar-refractivity contribution in [1.29, 1.82) is 0 Å². The van der Waals surface area contributed by atoms with Gasteiger partial charge in [-0.05, 0) is 13.0 Å². The molecule has 0 aliphatic carbocycles. The Hall–Kier alpha value is -1.03. The minimum absolute atomic E-state index is 0.111.